The van der Waals surface area contributed by atoms with Crippen LogP contribution in [0.25, 0.3) is 11.3 Å². The predicted octanol–water partition coefficient (Wildman–Crippen LogP) is 2.39. The molecule has 0 fully saturated rings. The average molecular weight is 262 g/mol. The van der Waals surface area contributed by atoms with Gasteiger partial charge in [-0.05, 0) is 24.8 Å². The van der Waals surface area contributed by atoms with Crippen molar-refractivity contribution in [1.82, 2.24) is 10.1 Å². The molecular formula is C14H18N2O3. The van der Waals surface area contributed by atoms with Gasteiger partial charge in [0.2, 0.25) is 0 Å². The molecule has 1 aromatic carbocycles. The summed E-state index contributed by atoms with van der Waals surface area (Å²) in [5.41, 5.74) is 2.23. The van der Waals surface area contributed by atoms with E-state index < -0.39 is 0 Å². The summed E-state index contributed by atoms with van der Waals surface area (Å²) >= 11 is 0. The van der Waals surface area contributed by atoms with Crippen molar-refractivity contribution in [2.45, 2.75) is 6.54 Å². The monoisotopic (exact) mass is 262 g/mol. The molecule has 0 aliphatic rings. The molecule has 0 saturated carbocycles. The summed E-state index contributed by atoms with van der Waals surface area (Å²) in [6.45, 7) is 1.08. The molecule has 1 heterocycles. The summed E-state index contributed by atoms with van der Waals surface area (Å²) in [4.78, 5) is 2.13. The van der Waals surface area contributed by atoms with Crippen molar-refractivity contribution in [2.75, 3.05) is 28.0 Å². The smallest absolute Gasteiger partial charge is 0.256 e. The van der Waals surface area contributed by atoms with Gasteiger partial charge < -0.3 is 18.9 Å². The van der Waals surface area contributed by atoms with Gasteiger partial charge in [-0.25, -0.2) is 0 Å². The minimum Gasteiger partial charge on any atom is -0.448 e. The van der Waals surface area contributed by atoms with E-state index in [0.29, 0.717) is 11.6 Å². The van der Waals surface area contributed by atoms with Crippen LogP contribution in [-0.2, 0) is 11.3 Å². The van der Waals surface area contributed by atoms with Gasteiger partial charge >= 0.3 is 0 Å². The second kappa shape index (κ2) is 6.36. The van der Waals surface area contributed by atoms with Crippen molar-refractivity contribution >= 4 is 0 Å². The predicted molar refractivity (Wildman–Crippen MR) is 71.8 cm³/mol. The van der Waals surface area contributed by atoms with Crippen LogP contribution in [0, 0.1) is 0 Å². The quantitative estimate of drug-likeness (QED) is 0.748. The minimum absolute atomic E-state index is 0.160. The number of hydrogen-bond acceptors (Lipinski definition) is 5. The summed E-state index contributed by atoms with van der Waals surface area (Å²) in [5.74, 6) is 1.11. The molecule has 0 unspecified atom stereocenters. The third-order valence-electron chi connectivity index (χ3n) is 2.55. The first-order chi connectivity index (χ1) is 9.19. The first-order valence-corrected chi connectivity index (χ1v) is 6.01. The largest absolute Gasteiger partial charge is 0.448 e. The zero-order valence-corrected chi connectivity index (χ0v) is 11.4. The summed E-state index contributed by atoms with van der Waals surface area (Å²) in [6, 6.07) is 9.93. The van der Waals surface area contributed by atoms with Crippen LogP contribution in [0.5, 0.6) is 5.88 Å². The van der Waals surface area contributed by atoms with Crippen molar-refractivity contribution in [1.29, 1.82) is 0 Å². The van der Waals surface area contributed by atoms with Crippen molar-refractivity contribution < 1.29 is 14.0 Å². The van der Waals surface area contributed by atoms with Crippen molar-refractivity contribution in [3.63, 3.8) is 0 Å². The molecule has 0 aliphatic carbocycles. The van der Waals surface area contributed by atoms with E-state index >= 15 is 0 Å². The lowest BCUT2D eigenvalue weighted by Gasteiger charge is -2.09. The standard InChI is InChI=1S/C14H18N2O3/c1-16(2)9-11-4-6-12(7-5-11)13-8-14(15-19-13)18-10-17-3/h4-8H,9-10H2,1-3H3. The molecule has 0 spiro atoms. The molecule has 0 radical (unpaired) electrons. The minimum atomic E-state index is 0.160. The van der Waals surface area contributed by atoms with E-state index in [4.69, 9.17) is 14.0 Å². The molecule has 0 saturated heterocycles. The van der Waals surface area contributed by atoms with E-state index in [2.05, 4.69) is 22.2 Å². The Morgan fingerprint density at radius 2 is 1.95 bits per heavy atom. The number of methoxy groups -OCH3 is 1. The maximum atomic E-state index is 5.23. The number of ether oxygens (including phenoxy) is 2. The van der Waals surface area contributed by atoms with Crippen LogP contribution in [0.2, 0.25) is 0 Å². The number of aromatic nitrogens is 1. The second-order valence-corrected chi connectivity index (χ2v) is 4.51. The van der Waals surface area contributed by atoms with E-state index in [-0.39, 0.29) is 6.79 Å². The first kappa shape index (κ1) is 13.6. The van der Waals surface area contributed by atoms with E-state index in [1.54, 1.807) is 13.2 Å². The normalized spacial score (nSPS) is 10.9. The fourth-order valence-electron chi connectivity index (χ4n) is 1.72. The van der Waals surface area contributed by atoms with Crippen LogP contribution in [0.4, 0.5) is 0 Å². The fourth-order valence-corrected chi connectivity index (χ4v) is 1.72. The van der Waals surface area contributed by atoms with Gasteiger partial charge in [0.25, 0.3) is 5.88 Å². The lowest BCUT2D eigenvalue weighted by atomic mass is 10.1. The molecule has 0 amide bonds. The highest BCUT2D eigenvalue weighted by molar-refractivity contribution is 5.58. The van der Waals surface area contributed by atoms with E-state index in [1.807, 2.05) is 26.2 Å². The molecule has 2 rings (SSSR count). The highest BCUT2D eigenvalue weighted by Gasteiger charge is 2.07. The van der Waals surface area contributed by atoms with Crippen LogP contribution in [0.15, 0.2) is 34.9 Å². The van der Waals surface area contributed by atoms with E-state index in [0.717, 1.165) is 12.1 Å². The van der Waals surface area contributed by atoms with Crippen LogP contribution in [0.3, 0.4) is 0 Å². The number of rotatable bonds is 6. The lowest BCUT2D eigenvalue weighted by Crippen LogP contribution is -2.10. The lowest BCUT2D eigenvalue weighted by molar-refractivity contribution is 0.0453. The maximum absolute atomic E-state index is 5.23. The first-order valence-electron chi connectivity index (χ1n) is 6.01. The molecular weight excluding hydrogens is 244 g/mol. The molecule has 0 aliphatic heterocycles. The third kappa shape index (κ3) is 3.81. The highest BCUT2D eigenvalue weighted by Crippen LogP contribution is 2.24. The van der Waals surface area contributed by atoms with Crippen molar-refractivity contribution in [2.24, 2.45) is 0 Å². The Morgan fingerprint density at radius 1 is 1.21 bits per heavy atom. The Bertz CT molecular complexity index is 506. The molecule has 0 N–H and O–H groups in total. The molecule has 102 valence electrons. The van der Waals surface area contributed by atoms with Crippen LogP contribution >= 0.6 is 0 Å². The van der Waals surface area contributed by atoms with Gasteiger partial charge in [-0.15, -0.1) is 0 Å². The topological polar surface area (TPSA) is 47.7 Å². The van der Waals surface area contributed by atoms with E-state index in [1.165, 1.54) is 5.56 Å². The summed E-state index contributed by atoms with van der Waals surface area (Å²) < 4.78 is 15.2. The van der Waals surface area contributed by atoms with Gasteiger partial charge in [0.05, 0.1) is 0 Å². The Hall–Kier alpha value is -1.85. The van der Waals surface area contributed by atoms with Crippen molar-refractivity contribution in [3.8, 4) is 17.2 Å². The van der Waals surface area contributed by atoms with Crippen molar-refractivity contribution in [3.05, 3.63) is 35.9 Å². The Morgan fingerprint density at radius 3 is 2.58 bits per heavy atom. The van der Waals surface area contributed by atoms with Gasteiger partial charge in [-0.1, -0.05) is 24.3 Å². The fraction of sp³-hybridized carbons (Fsp3) is 0.357. The average Bonchev–Trinajstić information content (AvgIpc) is 2.85. The molecule has 5 nitrogen and oxygen atoms in total. The Balaban J connectivity index is 2.07. The summed E-state index contributed by atoms with van der Waals surface area (Å²) in [6.07, 6.45) is 0. The van der Waals surface area contributed by atoms with Gasteiger partial charge in [0.15, 0.2) is 12.6 Å². The van der Waals surface area contributed by atoms with Gasteiger partial charge in [-0.3, -0.25) is 0 Å². The molecule has 0 atom stereocenters. The highest BCUT2D eigenvalue weighted by atomic mass is 16.7. The zero-order chi connectivity index (χ0) is 13.7. The van der Waals surface area contributed by atoms with Gasteiger partial charge in [-0.2, -0.15) is 0 Å². The second-order valence-electron chi connectivity index (χ2n) is 4.51. The SMILES string of the molecule is COCOc1cc(-c2ccc(CN(C)C)cc2)on1. The Labute approximate surface area is 112 Å². The number of hydrogen-bond donors (Lipinski definition) is 0. The van der Waals surface area contributed by atoms with Crippen LogP contribution in [0.1, 0.15) is 5.56 Å². The number of nitrogens with zero attached hydrogens (tertiary/aromatic N) is 2. The van der Waals surface area contributed by atoms with Gasteiger partial charge in [0, 0.05) is 25.3 Å². The molecule has 5 heteroatoms. The number of benzene rings is 1. The zero-order valence-electron chi connectivity index (χ0n) is 11.4. The van der Waals surface area contributed by atoms with E-state index in [9.17, 15) is 0 Å². The Kier molecular flexibility index (Phi) is 4.54. The maximum Gasteiger partial charge on any atom is 0.256 e. The molecule has 19 heavy (non-hydrogen) atoms. The van der Waals surface area contributed by atoms with Crippen LogP contribution < -0.4 is 4.74 Å². The molecule has 1 aromatic heterocycles. The summed E-state index contributed by atoms with van der Waals surface area (Å²) in [5, 5.41) is 3.82. The molecule has 0 bridgehead atoms. The summed E-state index contributed by atoms with van der Waals surface area (Å²) in [7, 11) is 5.65. The van der Waals surface area contributed by atoms with Gasteiger partial charge in [0.1, 0.15) is 0 Å². The molecule has 2 aromatic rings. The van der Waals surface area contributed by atoms with Crippen LogP contribution in [-0.4, -0.2) is 38.1 Å². The third-order valence-corrected chi connectivity index (χ3v) is 2.55.